The molecule has 1 aromatic carbocycles. The summed E-state index contributed by atoms with van der Waals surface area (Å²) in [6.07, 6.45) is 1.63. The van der Waals surface area contributed by atoms with Crippen molar-refractivity contribution in [2.45, 2.75) is 32.2 Å². The van der Waals surface area contributed by atoms with Crippen molar-refractivity contribution in [3.63, 3.8) is 0 Å². The molecule has 5 heteroatoms. The normalized spacial score (nSPS) is 24.4. The van der Waals surface area contributed by atoms with Crippen molar-refractivity contribution in [3.8, 4) is 0 Å². The molecular weight excluding hydrogens is 306 g/mol. The van der Waals surface area contributed by atoms with Gasteiger partial charge < -0.3 is 5.32 Å². The molecule has 1 heterocycles. The van der Waals surface area contributed by atoms with Crippen LogP contribution < -0.4 is 10.6 Å². The molecule has 0 saturated carbocycles. The molecule has 1 aliphatic rings. The molecule has 0 aliphatic carbocycles. The van der Waals surface area contributed by atoms with E-state index in [1.165, 1.54) is 0 Å². The van der Waals surface area contributed by atoms with Crippen LogP contribution in [0.2, 0.25) is 0 Å². The number of rotatable bonds is 4. The van der Waals surface area contributed by atoms with Gasteiger partial charge in [-0.2, -0.15) is 0 Å². The molecule has 0 spiro atoms. The number of nitrogens with one attached hydrogen (secondary N) is 2. The van der Waals surface area contributed by atoms with Gasteiger partial charge >= 0.3 is 0 Å². The predicted molar refractivity (Wildman–Crippen MR) is 80.0 cm³/mol. The van der Waals surface area contributed by atoms with Gasteiger partial charge in [-0.05, 0) is 30.5 Å². The first-order valence-corrected chi connectivity index (χ1v) is 7.32. The Morgan fingerprint density at radius 2 is 1.95 bits per heavy atom. The van der Waals surface area contributed by atoms with Crippen LogP contribution in [0.5, 0.6) is 0 Å². The molecule has 1 atom stereocenters. The average Bonchev–Trinajstić information content (AvgIpc) is 2.74. The highest BCUT2D eigenvalue weighted by Crippen LogP contribution is 2.29. The van der Waals surface area contributed by atoms with Crippen molar-refractivity contribution in [1.29, 1.82) is 0 Å². The number of hydrogen-bond donors (Lipinski definition) is 2. The lowest BCUT2D eigenvalue weighted by atomic mass is 9.87. The van der Waals surface area contributed by atoms with Gasteiger partial charge in [0.1, 0.15) is 5.54 Å². The highest BCUT2D eigenvalue weighted by molar-refractivity contribution is 9.10. The summed E-state index contributed by atoms with van der Waals surface area (Å²) in [5, 5.41) is 6.08. The Morgan fingerprint density at radius 3 is 2.53 bits per heavy atom. The van der Waals surface area contributed by atoms with E-state index in [9.17, 15) is 4.79 Å². The van der Waals surface area contributed by atoms with Gasteiger partial charge in [-0.25, -0.2) is 0 Å². The highest BCUT2D eigenvalue weighted by atomic mass is 79.9. The Kier molecular flexibility index (Phi) is 4.24. The van der Waals surface area contributed by atoms with E-state index in [0.717, 1.165) is 16.5 Å². The quantitative estimate of drug-likeness (QED) is 0.894. The maximum Gasteiger partial charge on any atom is 0.257 e. The molecule has 4 nitrogen and oxygen atoms in total. The van der Waals surface area contributed by atoms with Crippen molar-refractivity contribution in [2.24, 2.45) is 4.99 Å². The summed E-state index contributed by atoms with van der Waals surface area (Å²) in [6, 6.07) is 7.82. The van der Waals surface area contributed by atoms with Crippen LogP contribution in [0, 0.1) is 0 Å². The standard InChI is InChI=1S/C14H18BrN3O/c1-3-9-16-13-17-12(19)14(4-2,18-13)10-5-7-11(15)8-6-10/h5-8H,3-4,9H2,1-2H3,(H2,16,17,18,19). The fraction of sp³-hybridized carbons (Fsp3) is 0.429. The third-order valence-corrected chi connectivity index (χ3v) is 3.84. The number of amides is 1. The van der Waals surface area contributed by atoms with Crippen LogP contribution in [0.1, 0.15) is 32.3 Å². The Labute approximate surface area is 121 Å². The molecular formula is C14H18BrN3O. The smallest absolute Gasteiger partial charge is 0.257 e. The lowest BCUT2D eigenvalue weighted by Gasteiger charge is -2.25. The SMILES string of the molecule is CCCN=C1NC(=O)C(CC)(c2ccc(Br)cc2)N1. The Bertz CT molecular complexity index is 498. The van der Waals surface area contributed by atoms with Gasteiger partial charge in [0.25, 0.3) is 5.91 Å². The molecule has 1 aromatic rings. The zero-order valence-corrected chi connectivity index (χ0v) is 12.8. The number of guanidine groups is 1. The van der Waals surface area contributed by atoms with Crippen molar-refractivity contribution < 1.29 is 4.79 Å². The summed E-state index contributed by atoms with van der Waals surface area (Å²) >= 11 is 3.41. The van der Waals surface area contributed by atoms with E-state index in [4.69, 9.17) is 0 Å². The zero-order chi connectivity index (χ0) is 13.9. The molecule has 2 rings (SSSR count). The number of nitrogens with zero attached hydrogens (tertiary/aromatic N) is 1. The lowest BCUT2D eigenvalue weighted by Crippen LogP contribution is -2.43. The Balaban J connectivity index is 2.33. The summed E-state index contributed by atoms with van der Waals surface area (Å²) in [5.74, 6) is 0.545. The fourth-order valence-corrected chi connectivity index (χ4v) is 2.46. The molecule has 19 heavy (non-hydrogen) atoms. The van der Waals surface area contributed by atoms with Gasteiger partial charge in [-0.1, -0.05) is 41.9 Å². The second kappa shape index (κ2) is 5.74. The summed E-state index contributed by atoms with van der Waals surface area (Å²) in [6.45, 7) is 4.77. The summed E-state index contributed by atoms with van der Waals surface area (Å²) < 4.78 is 1.00. The minimum atomic E-state index is -0.701. The zero-order valence-electron chi connectivity index (χ0n) is 11.2. The first-order valence-electron chi connectivity index (χ1n) is 6.52. The largest absolute Gasteiger partial charge is 0.338 e. The third-order valence-electron chi connectivity index (χ3n) is 3.31. The van der Waals surface area contributed by atoms with Gasteiger partial charge in [0.05, 0.1) is 0 Å². The van der Waals surface area contributed by atoms with E-state index in [1.807, 2.05) is 31.2 Å². The predicted octanol–water partition coefficient (Wildman–Crippen LogP) is 2.54. The van der Waals surface area contributed by atoms with Crippen LogP contribution in [0.25, 0.3) is 0 Å². The van der Waals surface area contributed by atoms with E-state index in [-0.39, 0.29) is 5.91 Å². The number of carbonyl (C=O) groups is 1. The molecule has 102 valence electrons. The monoisotopic (exact) mass is 323 g/mol. The molecule has 1 fully saturated rings. The molecule has 1 aliphatic heterocycles. The van der Waals surface area contributed by atoms with Gasteiger partial charge in [0, 0.05) is 11.0 Å². The minimum absolute atomic E-state index is 0.0350. The van der Waals surface area contributed by atoms with E-state index in [1.54, 1.807) is 0 Å². The van der Waals surface area contributed by atoms with Crippen molar-refractivity contribution in [2.75, 3.05) is 6.54 Å². The van der Waals surface area contributed by atoms with Crippen molar-refractivity contribution in [1.82, 2.24) is 10.6 Å². The number of carbonyl (C=O) groups excluding carboxylic acids is 1. The first-order chi connectivity index (χ1) is 9.12. The van der Waals surface area contributed by atoms with Crippen LogP contribution in [0.3, 0.4) is 0 Å². The Morgan fingerprint density at radius 1 is 1.26 bits per heavy atom. The lowest BCUT2D eigenvalue weighted by molar-refractivity contribution is -0.124. The van der Waals surface area contributed by atoms with Crippen LogP contribution in [-0.4, -0.2) is 18.4 Å². The molecule has 2 N–H and O–H groups in total. The molecule has 1 amide bonds. The van der Waals surface area contributed by atoms with Crippen LogP contribution >= 0.6 is 15.9 Å². The van der Waals surface area contributed by atoms with Crippen LogP contribution in [0.4, 0.5) is 0 Å². The molecule has 1 unspecified atom stereocenters. The van der Waals surface area contributed by atoms with Crippen LogP contribution in [0.15, 0.2) is 33.7 Å². The van der Waals surface area contributed by atoms with E-state index >= 15 is 0 Å². The summed E-state index contributed by atoms with van der Waals surface area (Å²) in [5.41, 5.74) is 0.255. The molecule has 0 radical (unpaired) electrons. The Hall–Kier alpha value is -1.36. The molecule has 0 bridgehead atoms. The average molecular weight is 324 g/mol. The minimum Gasteiger partial charge on any atom is -0.338 e. The number of hydrogen-bond acceptors (Lipinski definition) is 2. The van der Waals surface area contributed by atoms with E-state index in [2.05, 4.69) is 38.5 Å². The number of halogens is 1. The summed E-state index contributed by atoms with van der Waals surface area (Å²) in [7, 11) is 0. The second-order valence-electron chi connectivity index (χ2n) is 4.58. The number of aliphatic imine (C=N–C) groups is 1. The van der Waals surface area contributed by atoms with Crippen molar-refractivity contribution >= 4 is 27.8 Å². The second-order valence-corrected chi connectivity index (χ2v) is 5.49. The molecule has 0 aromatic heterocycles. The number of benzene rings is 1. The topological polar surface area (TPSA) is 53.5 Å². The fourth-order valence-electron chi connectivity index (χ4n) is 2.20. The summed E-state index contributed by atoms with van der Waals surface area (Å²) in [4.78, 5) is 16.7. The first kappa shape index (κ1) is 14.1. The molecule has 1 saturated heterocycles. The van der Waals surface area contributed by atoms with E-state index in [0.29, 0.717) is 18.9 Å². The maximum absolute atomic E-state index is 12.3. The van der Waals surface area contributed by atoms with Gasteiger partial charge in [0.2, 0.25) is 0 Å². The maximum atomic E-state index is 12.3. The van der Waals surface area contributed by atoms with Crippen LogP contribution in [-0.2, 0) is 10.3 Å². The van der Waals surface area contributed by atoms with Gasteiger partial charge in [0.15, 0.2) is 5.96 Å². The van der Waals surface area contributed by atoms with Gasteiger partial charge in [-0.15, -0.1) is 0 Å². The third kappa shape index (κ3) is 2.66. The van der Waals surface area contributed by atoms with Gasteiger partial charge in [-0.3, -0.25) is 15.1 Å². The van der Waals surface area contributed by atoms with E-state index < -0.39 is 5.54 Å². The van der Waals surface area contributed by atoms with Crippen molar-refractivity contribution in [3.05, 3.63) is 34.3 Å². The highest BCUT2D eigenvalue weighted by Gasteiger charge is 2.44.